The van der Waals surface area contributed by atoms with E-state index in [4.69, 9.17) is 4.74 Å². The molecular formula is C15H18O3. The summed E-state index contributed by atoms with van der Waals surface area (Å²) in [6.07, 6.45) is 2.92. The zero-order valence-corrected chi connectivity index (χ0v) is 10.6. The van der Waals surface area contributed by atoms with E-state index in [-0.39, 0.29) is 11.8 Å². The summed E-state index contributed by atoms with van der Waals surface area (Å²) in [4.78, 5) is 22.9. The van der Waals surface area contributed by atoms with Gasteiger partial charge in [0.15, 0.2) is 5.78 Å². The van der Waals surface area contributed by atoms with Crippen LogP contribution in [0, 0.1) is 0 Å². The second-order valence-electron chi connectivity index (χ2n) is 3.91. The van der Waals surface area contributed by atoms with E-state index in [9.17, 15) is 9.59 Å². The van der Waals surface area contributed by atoms with E-state index in [1.165, 1.54) is 0 Å². The van der Waals surface area contributed by atoms with E-state index in [1.54, 1.807) is 25.1 Å². The second kappa shape index (κ2) is 7.43. The molecule has 0 radical (unpaired) electrons. The Morgan fingerprint density at radius 3 is 2.44 bits per heavy atom. The van der Waals surface area contributed by atoms with Gasteiger partial charge in [0.25, 0.3) is 0 Å². The lowest BCUT2D eigenvalue weighted by atomic mass is 10.0. The van der Waals surface area contributed by atoms with Gasteiger partial charge >= 0.3 is 5.97 Å². The molecule has 0 aliphatic heterocycles. The van der Waals surface area contributed by atoms with Gasteiger partial charge in [-0.2, -0.15) is 0 Å². The van der Waals surface area contributed by atoms with Crippen LogP contribution in [0.2, 0.25) is 0 Å². The molecule has 0 amide bonds. The molecule has 0 spiro atoms. The maximum absolute atomic E-state index is 11.8. The topological polar surface area (TPSA) is 43.4 Å². The monoisotopic (exact) mass is 246 g/mol. The molecule has 0 atom stereocenters. The lowest BCUT2D eigenvalue weighted by molar-refractivity contribution is -0.143. The Kier molecular flexibility index (Phi) is 5.85. The maximum atomic E-state index is 11.8. The summed E-state index contributed by atoms with van der Waals surface area (Å²) >= 11 is 0. The van der Waals surface area contributed by atoms with Crippen LogP contribution < -0.4 is 0 Å². The van der Waals surface area contributed by atoms with Crippen molar-refractivity contribution in [1.82, 2.24) is 0 Å². The first-order valence-corrected chi connectivity index (χ1v) is 6.08. The molecule has 1 rings (SSSR count). The molecule has 0 heterocycles. The van der Waals surface area contributed by atoms with Gasteiger partial charge in [-0.25, -0.2) is 0 Å². The third kappa shape index (κ3) is 4.53. The predicted molar refractivity (Wildman–Crippen MR) is 71.3 cm³/mol. The average molecular weight is 246 g/mol. The van der Waals surface area contributed by atoms with Crippen LogP contribution in [0.25, 0.3) is 6.08 Å². The minimum absolute atomic E-state index is 0.0508. The predicted octanol–water partition coefficient (Wildman–Crippen LogP) is 3.25. The quantitative estimate of drug-likeness (QED) is 0.548. The fourth-order valence-electron chi connectivity index (χ4n) is 1.58. The summed E-state index contributed by atoms with van der Waals surface area (Å²) in [5.74, 6) is -0.192. The highest BCUT2D eigenvalue weighted by Gasteiger charge is 2.07. The zero-order valence-electron chi connectivity index (χ0n) is 10.6. The van der Waals surface area contributed by atoms with Crippen molar-refractivity contribution in [2.24, 2.45) is 0 Å². The molecule has 1 aromatic rings. The Bertz CT molecular complexity index is 418. The first-order valence-electron chi connectivity index (χ1n) is 6.08. The number of carbonyl (C=O) groups excluding carboxylic acids is 2. The number of hydrogen-bond donors (Lipinski definition) is 0. The van der Waals surface area contributed by atoms with Crippen molar-refractivity contribution in [3.05, 3.63) is 42.0 Å². The highest BCUT2D eigenvalue weighted by atomic mass is 16.5. The molecule has 1 aromatic carbocycles. The Morgan fingerprint density at radius 2 is 1.89 bits per heavy atom. The zero-order chi connectivity index (χ0) is 13.4. The van der Waals surface area contributed by atoms with Gasteiger partial charge in [-0.05, 0) is 18.9 Å². The summed E-state index contributed by atoms with van der Waals surface area (Å²) in [6.45, 7) is 5.81. The molecular weight excluding hydrogens is 228 g/mol. The van der Waals surface area contributed by atoms with Crippen molar-refractivity contribution in [2.75, 3.05) is 6.61 Å². The van der Waals surface area contributed by atoms with E-state index in [0.717, 1.165) is 5.56 Å². The fraction of sp³-hybridized carbons (Fsp3) is 0.333. The number of rotatable bonds is 7. The summed E-state index contributed by atoms with van der Waals surface area (Å²) < 4.78 is 4.80. The van der Waals surface area contributed by atoms with Crippen LogP contribution in [0.5, 0.6) is 0 Å². The second-order valence-corrected chi connectivity index (χ2v) is 3.91. The van der Waals surface area contributed by atoms with E-state index in [2.05, 4.69) is 6.58 Å². The third-order valence-corrected chi connectivity index (χ3v) is 2.56. The van der Waals surface area contributed by atoms with Crippen LogP contribution in [-0.2, 0) is 9.53 Å². The summed E-state index contributed by atoms with van der Waals surface area (Å²) in [7, 11) is 0. The van der Waals surface area contributed by atoms with Crippen molar-refractivity contribution in [2.45, 2.75) is 26.2 Å². The van der Waals surface area contributed by atoms with Crippen molar-refractivity contribution in [1.29, 1.82) is 0 Å². The fourth-order valence-corrected chi connectivity index (χ4v) is 1.58. The summed E-state index contributed by atoms with van der Waals surface area (Å²) in [5.41, 5.74) is 1.66. The van der Waals surface area contributed by atoms with Crippen molar-refractivity contribution < 1.29 is 14.3 Å². The van der Waals surface area contributed by atoms with Gasteiger partial charge in [-0.3, -0.25) is 9.59 Å². The Hall–Kier alpha value is -1.90. The highest BCUT2D eigenvalue weighted by Crippen LogP contribution is 2.10. The molecule has 96 valence electrons. The van der Waals surface area contributed by atoms with Gasteiger partial charge in [-0.15, -0.1) is 0 Å². The molecule has 0 aliphatic rings. The van der Waals surface area contributed by atoms with Crippen molar-refractivity contribution >= 4 is 17.8 Å². The normalized spacial score (nSPS) is 9.83. The summed E-state index contributed by atoms with van der Waals surface area (Å²) in [6, 6.07) is 7.27. The largest absolute Gasteiger partial charge is 0.466 e. The Balaban J connectivity index is 2.40. The molecule has 0 unspecified atom stereocenters. The minimum Gasteiger partial charge on any atom is -0.466 e. The minimum atomic E-state index is -0.243. The smallest absolute Gasteiger partial charge is 0.305 e. The first kappa shape index (κ1) is 14.2. The Morgan fingerprint density at radius 1 is 1.22 bits per heavy atom. The number of carbonyl (C=O) groups is 2. The molecule has 3 nitrogen and oxygen atoms in total. The van der Waals surface area contributed by atoms with Crippen LogP contribution in [-0.4, -0.2) is 18.4 Å². The standard InChI is InChI=1S/C15H18O3/c1-3-12-8-10-13(11-9-12)14(16)6-5-7-15(17)18-4-2/h3,8-11H,1,4-7H2,2H3. The number of hydrogen-bond acceptors (Lipinski definition) is 3. The molecule has 0 saturated heterocycles. The molecule has 0 bridgehead atoms. The lowest BCUT2D eigenvalue weighted by Crippen LogP contribution is -2.05. The SMILES string of the molecule is C=Cc1ccc(C(=O)CCCC(=O)OCC)cc1. The number of ketones is 1. The van der Waals surface area contributed by atoms with Gasteiger partial charge < -0.3 is 4.74 Å². The lowest BCUT2D eigenvalue weighted by Gasteiger charge is -2.02. The third-order valence-electron chi connectivity index (χ3n) is 2.56. The van der Waals surface area contributed by atoms with Gasteiger partial charge in [0.1, 0.15) is 0 Å². The number of ether oxygens (including phenoxy) is 1. The molecule has 0 aromatic heterocycles. The number of benzene rings is 1. The summed E-state index contributed by atoms with van der Waals surface area (Å²) in [5, 5.41) is 0. The van der Waals surface area contributed by atoms with Gasteiger partial charge in [-0.1, -0.05) is 36.9 Å². The maximum Gasteiger partial charge on any atom is 0.305 e. The molecule has 0 fully saturated rings. The highest BCUT2D eigenvalue weighted by molar-refractivity contribution is 5.96. The first-order chi connectivity index (χ1) is 8.67. The van der Waals surface area contributed by atoms with Crippen LogP contribution in [0.15, 0.2) is 30.8 Å². The molecule has 0 N–H and O–H groups in total. The molecule has 18 heavy (non-hydrogen) atoms. The molecule has 0 saturated carbocycles. The van der Waals surface area contributed by atoms with Gasteiger partial charge in [0.2, 0.25) is 0 Å². The van der Waals surface area contributed by atoms with E-state index in [1.807, 2.05) is 12.1 Å². The van der Waals surface area contributed by atoms with Crippen molar-refractivity contribution in [3.63, 3.8) is 0 Å². The average Bonchev–Trinajstić information content (AvgIpc) is 2.39. The number of esters is 1. The van der Waals surface area contributed by atoms with Crippen molar-refractivity contribution in [3.8, 4) is 0 Å². The van der Waals surface area contributed by atoms with E-state index in [0.29, 0.717) is 31.4 Å². The van der Waals surface area contributed by atoms with Crippen LogP contribution >= 0.6 is 0 Å². The van der Waals surface area contributed by atoms with Crippen LogP contribution in [0.3, 0.4) is 0 Å². The van der Waals surface area contributed by atoms with Crippen LogP contribution in [0.1, 0.15) is 42.1 Å². The van der Waals surface area contributed by atoms with Gasteiger partial charge in [0, 0.05) is 18.4 Å². The number of Topliss-reactive ketones (excluding diaryl/α,β-unsaturated/α-hetero) is 1. The molecule has 3 heteroatoms. The van der Waals surface area contributed by atoms with E-state index < -0.39 is 0 Å². The van der Waals surface area contributed by atoms with Gasteiger partial charge in [0.05, 0.1) is 6.61 Å². The Labute approximate surface area is 107 Å². The molecule has 0 aliphatic carbocycles. The van der Waals surface area contributed by atoms with Crippen LogP contribution in [0.4, 0.5) is 0 Å². The van der Waals surface area contributed by atoms with E-state index >= 15 is 0 Å².